The summed E-state index contributed by atoms with van der Waals surface area (Å²) in [6, 6.07) is 4.63. The number of rotatable bonds is 9. The first-order chi connectivity index (χ1) is 15.2. The van der Waals surface area contributed by atoms with Crippen molar-refractivity contribution >= 4 is 5.97 Å². The Balaban J connectivity index is 1.54. The van der Waals surface area contributed by atoms with Gasteiger partial charge in [-0.2, -0.15) is 13.2 Å². The first-order valence-corrected chi connectivity index (χ1v) is 10.3. The van der Waals surface area contributed by atoms with Crippen LogP contribution >= 0.6 is 0 Å². The lowest BCUT2D eigenvalue weighted by Crippen LogP contribution is -2.34. The molecule has 0 aliphatic heterocycles. The average Bonchev–Trinajstić information content (AvgIpc) is 3.13. The number of carboxylic acid groups (broad SMARTS) is 1. The number of hydrogen-bond acceptors (Lipinski definition) is 6. The molecule has 2 aromatic rings. The van der Waals surface area contributed by atoms with Crippen LogP contribution in [0.15, 0.2) is 28.7 Å². The summed E-state index contributed by atoms with van der Waals surface area (Å²) in [7, 11) is 1.33. The highest BCUT2D eigenvalue weighted by Crippen LogP contribution is 2.31. The number of methoxy groups -OCH3 is 1. The number of ether oxygens (including phenoxy) is 3. The van der Waals surface area contributed by atoms with Gasteiger partial charge in [-0.25, -0.2) is 9.78 Å². The van der Waals surface area contributed by atoms with Crippen LogP contribution in [0.5, 0.6) is 0 Å². The smallest absolute Gasteiger partial charge is 0.416 e. The van der Waals surface area contributed by atoms with Crippen LogP contribution in [0.3, 0.4) is 0 Å². The van der Waals surface area contributed by atoms with E-state index in [4.69, 9.17) is 23.7 Å². The van der Waals surface area contributed by atoms with Gasteiger partial charge in [-0.15, -0.1) is 0 Å². The molecule has 1 aromatic carbocycles. The molecule has 3 atom stereocenters. The Labute approximate surface area is 183 Å². The lowest BCUT2D eigenvalue weighted by molar-refractivity contribution is -0.155. The van der Waals surface area contributed by atoms with Crippen molar-refractivity contribution in [3.05, 3.63) is 41.3 Å². The first kappa shape index (κ1) is 24.2. The fourth-order valence-corrected chi connectivity index (χ4v) is 3.55. The SMILES string of the molecule is COC(CO[C@@H]1CCC[C@H](OCc2nc(-c3ccc(C(F)(F)F)cc3)oc2C)C1)C(=O)O. The zero-order valence-corrected chi connectivity index (χ0v) is 17.9. The van der Waals surface area contributed by atoms with Crippen LogP contribution in [0.4, 0.5) is 13.2 Å². The second-order valence-corrected chi connectivity index (χ2v) is 7.71. The zero-order chi connectivity index (χ0) is 23.3. The third-order valence-electron chi connectivity index (χ3n) is 5.43. The molecule has 1 N–H and O–H groups in total. The molecule has 7 nitrogen and oxygen atoms in total. The minimum absolute atomic E-state index is 0.0257. The Hall–Kier alpha value is -2.43. The van der Waals surface area contributed by atoms with E-state index in [-0.39, 0.29) is 31.3 Å². The van der Waals surface area contributed by atoms with E-state index in [1.807, 2.05) is 0 Å². The fourth-order valence-electron chi connectivity index (χ4n) is 3.55. The Morgan fingerprint density at radius 3 is 2.47 bits per heavy atom. The number of nitrogens with zero attached hydrogens (tertiary/aromatic N) is 1. The molecule has 0 spiro atoms. The minimum Gasteiger partial charge on any atom is -0.479 e. The molecule has 1 unspecified atom stereocenters. The summed E-state index contributed by atoms with van der Waals surface area (Å²) in [4.78, 5) is 15.4. The predicted octanol–water partition coefficient (Wildman–Crippen LogP) is 4.61. The molecular formula is C22H26F3NO6. The van der Waals surface area contributed by atoms with Gasteiger partial charge in [-0.3, -0.25) is 0 Å². The van der Waals surface area contributed by atoms with Crippen LogP contribution < -0.4 is 0 Å². The number of halogens is 3. The molecule has 1 saturated carbocycles. The molecular weight excluding hydrogens is 431 g/mol. The molecule has 1 aliphatic carbocycles. The fraction of sp³-hybridized carbons (Fsp3) is 0.545. The van der Waals surface area contributed by atoms with Gasteiger partial charge >= 0.3 is 12.1 Å². The van der Waals surface area contributed by atoms with Gasteiger partial charge in [0.2, 0.25) is 5.89 Å². The molecule has 10 heteroatoms. The highest BCUT2D eigenvalue weighted by Gasteiger charge is 2.30. The van der Waals surface area contributed by atoms with E-state index in [9.17, 15) is 18.0 Å². The van der Waals surface area contributed by atoms with Gasteiger partial charge < -0.3 is 23.7 Å². The Morgan fingerprint density at radius 1 is 1.22 bits per heavy atom. The number of carboxylic acids is 1. The second-order valence-electron chi connectivity index (χ2n) is 7.71. The summed E-state index contributed by atoms with van der Waals surface area (Å²) in [5, 5.41) is 9.03. The van der Waals surface area contributed by atoms with Gasteiger partial charge in [0.25, 0.3) is 0 Å². The van der Waals surface area contributed by atoms with Gasteiger partial charge in [0, 0.05) is 12.7 Å². The number of oxazole rings is 1. The molecule has 1 fully saturated rings. The van der Waals surface area contributed by atoms with Gasteiger partial charge in [-0.1, -0.05) is 0 Å². The number of alkyl halides is 3. The van der Waals surface area contributed by atoms with E-state index >= 15 is 0 Å². The largest absolute Gasteiger partial charge is 0.479 e. The van der Waals surface area contributed by atoms with Gasteiger partial charge in [-0.05, 0) is 56.9 Å². The van der Waals surface area contributed by atoms with E-state index in [0.717, 1.165) is 31.4 Å². The maximum absolute atomic E-state index is 12.7. The zero-order valence-electron chi connectivity index (χ0n) is 17.9. The highest BCUT2D eigenvalue weighted by atomic mass is 19.4. The number of carbonyl (C=O) groups is 1. The summed E-state index contributed by atoms with van der Waals surface area (Å²) < 4.78 is 60.4. The Kier molecular flexibility index (Phi) is 7.91. The van der Waals surface area contributed by atoms with Crippen molar-refractivity contribution in [2.24, 2.45) is 0 Å². The summed E-state index contributed by atoms with van der Waals surface area (Å²) in [5.41, 5.74) is 0.292. The molecule has 0 radical (unpaired) electrons. The molecule has 0 amide bonds. The summed E-state index contributed by atoms with van der Waals surface area (Å²) >= 11 is 0. The summed E-state index contributed by atoms with van der Waals surface area (Å²) in [5.74, 6) is -0.298. The lowest BCUT2D eigenvalue weighted by Gasteiger charge is -2.29. The van der Waals surface area contributed by atoms with E-state index < -0.39 is 23.8 Å². The Morgan fingerprint density at radius 2 is 1.88 bits per heavy atom. The monoisotopic (exact) mass is 457 g/mol. The van der Waals surface area contributed by atoms with Crippen molar-refractivity contribution in [1.82, 2.24) is 4.98 Å². The Bertz CT molecular complexity index is 896. The quantitative estimate of drug-likeness (QED) is 0.588. The third-order valence-corrected chi connectivity index (χ3v) is 5.43. The standard InChI is InChI=1S/C22H26F3NO6/c1-13-18(26-20(32-13)14-6-8-15(9-7-14)22(23,24)25)11-30-16-4-3-5-17(10-16)31-12-19(29-2)21(27)28/h6-9,16-17,19H,3-5,10-12H2,1-2H3,(H,27,28)/t16-,17+,19?/m0/s1. The first-order valence-electron chi connectivity index (χ1n) is 10.3. The van der Waals surface area contributed by atoms with Crippen molar-refractivity contribution in [3.63, 3.8) is 0 Å². The van der Waals surface area contributed by atoms with Crippen LogP contribution in [0.25, 0.3) is 11.5 Å². The van der Waals surface area contributed by atoms with Crippen LogP contribution in [0, 0.1) is 6.92 Å². The van der Waals surface area contributed by atoms with Crippen molar-refractivity contribution in [2.45, 2.75) is 63.7 Å². The topological polar surface area (TPSA) is 91.0 Å². The van der Waals surface area contributed by atoms with Gasteiger partial charge in [0.05, 0.1) is 31.0 Å². The van der Waals surface area contributed by atoms with Crippen LogP contribution in [-0.4, -0.2) is 48.1 Å². The molecule has 1 aliphatic rings. The van der Waals surface area contributed by atoms with E-state index in [1.54, 1.807) is 6.92 Å². The normalized spacial score (nSPS) is 20.3. The average molecular weight is 457 g/mol. The van der Waals surface area contributed by atoms with Gasteiger partial charge in [0.1, 0.15) is 11.5 Å². The predicted molar refractivity (Wildman–Crippen MR) is 107 cm³/mol. The molecule has 176 valence electrons. The van der Waals surface area contributed by atoms with Crippen LogP contribution in [-0.2, 0) is 31.8 Å². The summed E-state index contributed by atoms with van der Waals surface area (Å²) in [6.07, 6.45) is -2.43. The number of aryl methyl sites for hydroxylation is 1. The van der Waals surface area contributed by atoms with Crippen molar-refractivity contribution in [1.29, 1.82) is 0 Å². The molecule has 1 heterocycles. The molecule has 0 bridgehead atoms. The molecule has 3 rings (SSSR count). The number of hydrogen-bond donors (Lipinski definition) is 1. The van der Waals surface area contributed by atoms with E-state index in [1.165, 1.54) is 19.2 Å². The van der Waals surface area contributed by atoms with E-state index in [2.05, 4.69) is 4.98 Å². The lowest BCUT2D eigenvalue weighted by atomic mass is 9.95. The van der Waals surface area contributed by atoms with Crippen LogP contribution in [0.1, 0.15) is 42.7 Å². The number of aromatic nitrogens is 1. The molecule has 0 saturated heterocycles. The van der Waals surface area contributed by atoms with Crippen molar-refractivity contribution in [2.75, 3.05) is 13.7 Å². The minimum atomic E-state index is -4.40. The van der Waals surface area contributed by atoms with E-state index in [0.29, 0.717) is 23.4 Å². The molecule has 32 heavy (non-hydrogen) atoms. The third kappa shape index (κ3) is 6.30. The highest BCUT2D eigenvalue weighted by molar-refractivity contribution is 5.72. The maximum Gasteiger partial charge on any atom is 0.416 e. The van der Waals surface area contributed by atoms with Crippen molar-refractivity contribution < 1.29 is 41.7 Å². The maximum atomic E-state index is 12.7. The van der Waals surface area contributed by atoms with Gasteiger partial charge in [0.15, 0.2) is 6.10 Å². The van der Waals surface area contributed by atoms with Crippen molar-refractivity contribution in [3.8, 4) is 11.5 Å². The van der Waals surface area contributed by atoms with Crippen LogP contribution in [0.2, 0.25) is 0 Å². The molecule has 1 aromatic heterocycles. The number of benzene rings is 1. The summed E-state index contributed by atoms with van der Waals surface area (Å²) in [6.45, 7) is 1.90. The second kappa shape index (κ2) is 10.5. The number of aliphatic carboxylic acids is 1.